The third-order valence-corrected chi connectivity index (χ3v) is 6.26. The van der Waals surface area contributed by atoms with Crippen molar-refractivity contribution in [1.29, 1.82) is 0 Å². The van der Waals surface area contributed by atoms with Gasteiger partial charge in [0.1, 0.15) is 0 Å². The summed E-state index contributed by atoms with van der Waals surface area (Å²) in [7, 11) is 0. The van der Waals surface area contributed by atoms with Crippen molar-refractivity contribution in [2.24, 2.45) is 0 Å². The Labute approximate surface area is 198 Å². The molecule has 5 rings (SSSR count). The number of Topliss-reactive ketones (excluding diaryl/α,β-unsaturated/α-hetero) is 1. The maximum Gasteiger partial charge on any atom is 0.338 e. The fourth-order valence-corrected chi connectivity index (χ4v) is 4.82. The van der Waals surface area contributed by atoms with Gasteiger partial charge in [-0.05, 0) is 61.5 Å². The maximum absolute atomic E-state index is 12.9. The Morgan fingerprint density at radius 1 is 0.853 bits per heavy atom. The molecular formula is C30H25NO3. The van der Waals surface area contributed by atoms with Gasteiger partial charge in [-0.1, -0.05) is 60.7 Å². The van der Waals surface area contributed by atoms with Crippen LogP contribution in [0.5, 0.6) is 0 Å². The Kier molecular flexibility index (Phi) is 5.50. The van der Waals surface area contributed by atoms with E-state index in [9.17, 15) is 9.59 Å². The van der Waals surface area contributed by atoms with E-state index in [4.69, 9.17) is 4.74 Å². The highest BCUT2D eigenvalue weighted by atomic mass is 16.5. The topological polar surface area (TPSA) is 47.8 Å². The molecule has 3 aromatic carbocycles. The van der Waals surface area contributed by atoms with E-state index < -0.39 is 0 Å². The van der Waals surface area contributed by atoms with Crippen LogP contribution >= 0.6 is 0 Å². The minimum absolute atomic E-state index is 0.0349. The number of ether oxygens (including phenoxy) is 1. The molecule has 2 aromatic heterocycles. The number of fused-ring (bicyclic) bond motifs is 3. The number of ketones is 1. The molecule has 0 saturated heterocycles. The van der Waals surface area contributed by atoms with E-state index in [1.165, 1.54) is 0 Å². The first kappa shape index (κ1) is 21.7. The van der Waals surface area contributed by atoms with E-state index >= 15 is 0 Å². The van der Waals surface area contributed by atoms with Crippen LogP contribution in [0.25, 0.3) is 38.7 Å². The quantitative estimate of drug-likeness (QED) is 0.213. The standard InChI is InChI=1S/C30H25NO3/c1-4-34-30(33)23-16-14-21(15-17-23)25-18-24-12-8-9-13-26(24)31-19(2)27(20(3)32)28(29(25)31)22-10-6-5-7-11-22/h5-18H,4H2,1-3H3. The van der Waals surface area contributed by atoms with Crippen molar-refractivity contribution in [3.05, 3.63) is 102 Å². The Balaban J connectivity index is 1.89. The van der Waals surface area contributed by atoms with Crippen LogP contribution in [0.15, 0.2) is 84.9 Å². The van der Waals surface area contributed by atoms with Gasteiger partial charge in [0.25, 0.3) is 0 Å². The van der Waals surface area contributed by atoms with Gasteiger partial charge in [0.15, 0.2) is 5.78 Å². The van der Waals surface area contributed by atoms with E-state index in [-0.39, 0.29) is 11.8 Å². The molecule has 0 aliphatic heterocycles. The Morgan fingerprint density at radius 2 is 1.53 bits per heavy atom. The Hall–Kier alpha value is -4.18. The van der Waals surface area contributed by atoms with Crippen molar-refractivity contribution in [2.45, 2.75) is 20.8 Å². The number of esters is 1. The van der Waals surface area contributed by atoms with Crippen LogP contribution in [0.4, 0.5) is 0 Å². The van der Waals surface area contributed by atoms with Crippen molar-refractivity contribution in [1.82, 2.24) is 4.40 Å². The molecule has 2 heterocycles. The van der Waals surface area contributed by atoms with Gasteiger partial charge in [0.05, 0.1) is 23.2 Å². The summed E-state index contributed by atoms with van der Waals surface area (Å²) in [6.07, 6.45) is 0. The summed E-state index contributed by atoms with van der Waals surface area (Å²) in [5.41, 5.74) is 8.09. The molecule has 0 saturated carbocycles. The molecule has 4 nitrogen and oxygen atoms in total. The molecule has 0 amide bonds. The molecule has 0 spiro atoms. The Bertz CT molecular complexity index is 1540. The summed E-state index contributed by atoms with van der Waals surface area (Å²) in [6.45, 7) is 5.77. The zero-order valence-electron chi connectivity index (χ0n) is 19.5. The normalized spacial score (nSPS) is 11.1. The molecule has 0 atom stereocenters. The molecule has 34 heavy (non-hydrogen) atoms. The van der Waals surface area contributed by atoms with Gasteiger partial charge in [0.2, 0.25) is 0 Å². The van der Waals surface area contributed by atoms with Gasteiger partial charge in [-0.15, -0.1) is 0 Å². The number of carbonyl (C=O) groups excluding carboxylic acids is 2. The third-order valence-electron chi connectivity index (χ3n) is 6.26. The highest BCUT2D eigenvalue weighted by Crippen LogP contribution is 2.41. The lowest BCUT2D eigenvalue weighted by Crippen LogP contribution is -2.04. The number of aryl methyl sites for hydroxylation is 1. The maximum atomic E-state index is 12.9. The zero-order valence-corrected chi connectivity index (χ0v) is 19.5. The summed E-state index contributed by atoms with van der Waals surface area (Å²) >= 11 is 0. The second-order valence-corrected chi connectivity index (χ2v) is 8.36. The van der Waals surface area contributed by atoms with Crippen LogP contribution in [0.3, 0.4) is 0 Å². The van der Waals surface area contributed by atoms with Gasteiger partial charge in [0, 0.05) is 22.4 Å². The van der Waals surface area contributed by atoms with E-state index in [0.29, 0.717) is 12.2 Å². The van der Waals surface area contributed by atoms with Crippen LogP contribution in [0.1, 0.15) is 40.3 Å². The summed E-state index contributed by atoms with van der Waals surface area (Å²) in [4.78, 5) is 25.1. The van der Waals surface area contributed by atoms with Gasteiger partial charge in [-0.25, -0.2) is 4.79 Å². The number of para-hydroxylation sites is 1. The van der Waals surface area contributed by atoms with Crippen molar-refractivity contribution in [3.63, 3.8) is 0 Å². The molecule has 0 aliphatic rings. The summed E-state index contributed by atoms with van der Waals surface area (Å²) in [6, 6.07) is 27.9. The average molecular weight is 448 g/mol. The van der Waals surface area contributed by atoms with Crippen LogP contribution < -0.4 is 0 Å². The van der Waals surface area contributed by atoms with Gasteiger partial charge >= 0.3 is 5.97 Å². The first-order chi connectivity index (χ1) is 16.5. The number of hydrogen-bond acceptors (Lipinski definition) is 3. The molecule has 4 heteroatoms. The van der Waals surface area contributed by atoms with E-state index in [1.54, 1.807) is 26.0 Å². The molecular weight excluding hydrogens is 422 g/mol. The van der Waals surface area contributed by atoms with E-state index in [0.717, 1.165) is 49.9 Å². The largest absolute Gasteiger partial charge is 0.462 e. The number of pyridine rings is 1. The van der Waals surface area contributed by atoms with Gasteiger partial charge in [-0.2, -0.15) is 0 Å². The fraction of sp³-hybridized carbons (Fsp3) is 0.133. The van der Waals surface area contributed by atoms with Crippen LogP contribution in [0.2, 0.25) is 0 Å². The van der Waals surface area contributed by atoms with E-state index in [2.05, 4.69) is 22.6 Å². The van der Waals surface area contributed by atoms with Crippen molar-refractivity contribution in [2.75, 3.05) is 6.61 Å². The second kappa shape index (κ2) is 8.64. The highest BCUT2D eigenvalue weighted by Gasteiger charge is 2.24. The lowest BCUT2D eigenvalue weighted by Gasteiger charge is -2.13. The predicted molar refractivity (Wildman–Crippen MR) is 136 cm³/mol. The number of nitrogens with zero attached hydrogens (tertiary/aromatic N) is 1. The second-order valence-electron chi connectivity index (χ2n) is 8.36. The SMILES string of the molecule is CCOC(=O)c1ccc(-c2cc3ccccc3n3c(C)c(C(C)=O)c(-c4ccccc4)c23)cc1. The molecule has 5 aromatic rings. The van der Waals surface area contributed by atoms with Gasteiger partial charge < -0.3 is 9.14 Å². The van der Waals surface area contributed by atoms with Crippen molar-refractivity contribution in [3.8, 4) is 22.3 Å². The minimum atomic E-state index is -0.333. The monoisotopic (exact) mass is 447 g/mol. The third kappa shape index (κ3) is 3.48. The predicted octanol–water partition coefficient (Wildman–Crippen LogP) is 7.11. The van der Waals surface area contributed by atoms with Crippen LogP contribution in [-0.4, -0.2) is 22.8 Å². The van der Waals surface area contributed by atoms with Gasteiger partial charge in [-0.3, -0.25) is 4.79 Å². The first-order valence-corrected chi connectivity index (χ1v) is 11.4. The smallest absolute Gasteiger partial charge is 0.338 e. The summed E-state index contributed by atoms with van der Waals surface area (Å²) < 4.78 is 7.34. The summed E-state index contributed by atoms with van der Waals surface area (Å²) in [5, 5.41) is 1.08. The van der Waals surface area contributed by atoms with E-state index in [1.807, 2.05) is 61.5 Å². The average Bonchev–Trinajstić information content (AvgIpc) is 3.18. The molecule has 0 radical (unpaired) electrons. The Morgan fingerprint density at radius 3 is 2.21 bits per heavy atom. The first-order valence-electron chi connectivity index (χ1n) is 11.4. The van der Waals surface area contributed by atoms with Crippen molar-refractivity contribution < 1.29 is 14.3 Å². The fourth-order valence-electron chi connectivity index (χ4n) is 4.82. The number of aromatic nitrogens is 1. The molecule has 0 N–H and O–H groups in total. The molecule has 0 fully saturated rings. The number of rotatable bonds is 5. The number of hydrogen-bond donors (Lipinski definition) is 0. The molecule has 0 unspecified atom stereocenters. The molecule has 0 bridgehead atoms. The van der Waals surface area contributed by atoms with Crippen molar-refractivity contribution >= 4 is 28.2 Å². The number of benzene rings is 3. The highest BCUT2D eigenvalue weighted by molar-refractivity contribution is 6.11. The molecule has 0 aliphatic carbocycles. The zero-order chi connectivity index (χ0) is 23.8. The minimum Gasteiger partial charge on any atom is -0.462 e. The van der Waals surface area contributed by atoms with Crippen LogP contribution in [0, 0.1) is 6.92 Å². The lowest BCUT2D eigenvalue weighted by atomic mass is 9.94. The van der Waals surface area contributed by atoms with Crippen LogP contribution in [-0.2, 0) is 4.74 Å². The molecule has 168 valence electrons. The summed E-state index contributed by atoms with van der Waals surface area (Å²) in [5.74, 6) is -0.298. The lowest BCUT2D eigenvalue weighted by molar-refractivity contribution is 0.0526. The number of carbonyl (C=O) groups is 2.